The number of carbonyl (C=O) groups excluding carboxylic acids is 1. The quantitative estimate of drug-likeness (QED) is 0.641. The van der Waals surface area contributed by atoms with E-state index in [1.807, 2.05) is 0 Å². The SMILES string of the molecule is C[C@H]1OC(=O)[C@]2(S(C)(=O)=O)CC(F)(F)[C@@H](C)[C@H](/C=C/c3ccc(Br)cn3)[C@H]12. The first-order valence-electron chi connectivity index (χ1n) is 8.48. The highest BCUT2D eigenvalue weighted by Crippen LogP contribution is 2.57. The first-order valence-corrected chi connectivity index (χ1v) is 11.2. The van der Waals surface area contributed by atoms with Crippen molar-refractivity contribution in [1.82, 2.24) is 4.98 Å². The zero-order chi connectivity index (χ0) is 20.2. The molecular formula is C18H20BrF2NO4S. The molecule has 1 aliphatic heterocycles. The molecule has 1 saturated heterocycles. The lowest BCUT2D eigenvalue weighted by Crippen LogP contribution is -2.61. The molecule has 1 aromatic heterocycles. The first kappa shape index (κ1) is 20.4. The van der Waals surface area contributed by atoms with Crippen molar-refractivity contribution in [2.45, 2.75) is 37.0 Å². The fourth-order valence-corrected chi connectivity index (χ4v) is 6.17. The fourth-order valence-electron chi connectivity index (χ4n) is 4.29. The summed E-state index contributed by atoms with van der Waals surface area (Å²) in [5.74, 6) is -7.31. The Morgan fingerprint density at radius 2 is 2.00 bits per heavy atom. The molecule has 9 heteroatoms. The molecule has 2 heterocycles. The van der Waals surface area contributed by atoms with Crippen LogP contribution in [-0.2, 0) is 19.4 Å². The number of alkyl halides is 2. The third-order valence-corrected chi connectivity index (χ3v) is 8.12. The summed E-state index contributed by atoms with van der Waals surface area (Å²) in [5, 5.41) is 0. The number of cyclic esters (lactones) is 1. The Labute approximate surface area is 165 Å². The van der Waals surface area contributed by atoms with Crippen LogP contribution in [0.15, 0.2) is 28.9 Å². The number of fused-ring (bicyclic) bond motifs is 1. The lowest BCUT2D eigenvalue weighted by Gasteiger charge is -2.46. The van der Waals surface area contributed by atoms with E-state index >= 15 is 0 Å². The molecule has 1 saturated carbocycles. The van der Waals surface area contributed by atoms with Crippen LogP contribution in [0.3, 0.4) is 0 Å². The minimum absolute atomic E-state index is 0.544. The molecule has 0 aromatic carbocycles. The second-order valence-electron chi connectivity index (χ2n) is 7.36. The predicted molar refractivity (Wildman–Crippen MR) is 99.8 cm³/mol. The summed E-state index contributed by atoms with van der Waals surface area (Å²) in [6.45, 7) is 2.94. The average Bonchev–Trinajstić information content (AvgIpc) is 2.80. The van der Waals surface area contributed by atoms with Gasteiger partial charge in [-0.15, -0.1) is 0 Å². The van der Waals surface area contributed by atoms with Gasteiger partial charge in [-0.1, -0.05) is 13.0 Å². The standard InChI is InChI=1S/C18H20BrF2NO4S/c1-10-14(7-6-13-5-4-12(19)8-22-13)15-11(2)26-16(23)17(15,27(3,24)25)9-18(10,20)21/h4-8,10-11,14-15H,9H2,1-3H3/b7-6+/t10-,11+,14-,15-,17-/m0/s1. The van der Waals surface area contributed by atoms with E-state index in [0.717, 1.165) is 10.7 Å². The van der Waals surface area contributed by atoms with E-state index in [1.54, 1.807) is 31.3 Å². The van der Waals surface area contributed by atoms with Crippen molar-refractivity contribution in [3.63, 3.8) is 0 Å². The number of hydrogen-bond acceptors (Lipinski definition) is 5. The Kier molecular flexibility index (Phi) is 5.00. The molecule has 27 heavy (non-hydrogen) atoms. The number of rotatable bonds is 3. The van der Waals surface area contributed by atoms with Crippen molar-refractivity contribution >= 4 is 37.8 Å². The number of allylic oxidation sites excluding steroid dienone is 1. The number of sulfone groups is 1. The molecule has 1 aliphatic carbocycles. The highest BCUT2D eigenvalue weighted by atomic mass is 79.9. The van der Waals surface area contributed by atoms with E-state index in [1.165, 1.54) is 13.0 Å². The summed E-state index contributed by atoms with van der Waals surface area (Å²) in [6, 6.07) is 3.47. The lowest BCUT2D eigenvalue weighted by atomic mass is 9.64. The van der Waals surface area contributed by atoms with Gasteiger partial charge in [-0.05, 0) is 47.0 Å². The Morgan fingerprint density at radius 3 is 2.56 bits per heavy atom. The molecule has 2 fully saturated rings. The summed E-state index contributed by atoms with van der Waals surface area (Å²) in [4.78, 5) is 16.6. The van der Waals surface area contributed by atoms with Crippen LogP contribution >= 0.6 is 15.9 Å². The molecule has 2 aliphatic rings. The lowest BCUT2D eigenvalue weighted by molar-refractivity contribution is -0.148. The van der Waals surface area contributed by atoms with E-state index < -0.39 is 56.8 Å². The van der Waals surface area contributed by atoms with Crippen molar-refractivity contribution in [2.24, 2.45) is 17.8 Å². The zero-order valence-corrected chi connectivity index (χ0v) is 17.4. The van der Waals surface area contributed by atoms with Crippen LogP contribution in [0.1, 0.15) is 26.0 Å². The molecule has 0 bridgehead atoms. The molecule has 1 aromatic rings. The van der Waals surface area contributed by atoms with Crippen LogP contribution in [0.4, 0.5) is 8.78 Å². The van der Waals surface area contributed by atoms with Gasteiger partial charge in [0, 0.05) is 35.2 Å². The Bertz CT molecular complexity index is 887. The summed E-state index contributed by atoms with van der Waals surface area (Å²) in [7, 11) is -4.13. The Hall–Kier alpha value is -1.35. The number of carbonyl (C=O) groups is 1. The van der Waals surface area contributed by atoms with E-state index in [4.69, 9.17) is 4.74 Å². The highest BCUT2D eigenvalue weighted by molar-refractivity contribution is 9.10. The van der Waals surface area contributed by atoms with E-state index in [0.29, 0.717) is 5.69 Å². The van der Waals surface area contributed by atoms with Gasteiger partial charge in [0.05, 0.1) is 5.69 Å². The number of pyridine rings is 1. The normalized spacial score (nSPS) is 35.9. The van der Waals surface area contributed by atoms with Crippen LogP contribution in [-0.4, -0.2) is 42.4 Å². The monoisotopic (exact) mass is 463 g/mol. The molecule has 3 rings (SSSR count). The Balaban J connectivity index is 2.10. The third-order valence-electron chi connectivity index (χ3n) is 5.74. The van der Waals surface area contributed by atoms with E-state index in [-0.39, 0.29) is 0 Å². The summed E-state index contributed by atoms with van der Waals surface area (Å²) < 4.78 is 58.4. The molecule has 0 amide bonds. The average molecular weight is 464 g/mol. The smallest absolute Gasteiger partial charge is 0.328 e. The molecule has 148 valence electrons. The topological polar surface area (TPSA) is 73.3 Å². The molecular weight excluding hydrogens is 444 g/mol. The second kappa shape index (κ2) is 6.62. The number of esters is 1. The van der Waals surface area contributed by atoms with Crippen LogP contribution < -0.4 is 0 Å². The molecule has 5 atom stereocenters. The van der Waals surface area contributed by atoms with Gasteiger partial charge < -0.3 is 4.74 Å². The van der Waals surface area contributed by atoms with E-state index in [2.05, 4.69) is 20.9 Å². The van der Waals surface area contributed by atoms with Crippen LogP contribution in [0.25, 0.3) is 6.08 Å². The predicted octanol–water partition coefficient (Wildman–Crippen LogP) is 3.49. The number of hydrogen-bond donors (Lipinski definition) is 0. The van der Waals surface area contributed by atoms with Crippen molar-refractivity contribution in [1.29, 1.82) is 0 Å². The van der Waals surface area contributed by atoms with Crippen LogP contribution in [0.5, 0.6) is 0 Å². The van der Waals surface area contributed by atoms with Crippen molar-refractivity contribution in [2.75, 3.05) is 6.26 Å². The number of nitrogens with zero attached hydrogens (tertiary/aromatic N) is 1. The van der Waals surface area contributed by atoms with Crippen molar-refractivity contribution < 1.29 is 26.7 Å². The first-order chi connectivity index (χ1) is 12.4. The number of aromatic nitrogens is 1. The number of halogens is 3. The van der Waals surface area contributed by atoms with Crippen LogP contribution in [0, 0.1) is 17.8 Å². The van der Waals surface area contributed by atoms with Gasteiger partial charge in [0.1, 0.15) is 6.10 Å². The maximum Gasteiger partial charge on any atom is 0.328 e. The summed E-state index contributed by atoms with van der Waals surface area (Å²) in [5.41, 5.74) is 0.544. The van der Waals surface area contributed by atoms with Gasteiger partial charge in [0.25, 0.3) is 5.92 Å². The maximum absolute atomic E-state index is 14.8. The van der Waals surface area contributed by atoms with Crippen molar-refractivity contribution in [3.8, 4) is 0 Å². The van der Waals surface area contributed by atoms with E-state index in [9.17, 15) is 22.0 Å². The largest absolute Gasteiger partial charge is 0.461 e. The Morgan fingerprint density at radius 1 is 1.33 bits per heavy atom. The summed E-state index contributed by atoms with van der Waals surface area (Å²) >= 11 is 3.27. The van der Waals surface area contributed by atoms with Crippen LogP contribution in [0.2, 0.25) is 0 Å². The minimum atomic E-state index is -4.13. The van der Waals surface area contributed by atoms with Gasteiger partial charge in [0.15, 0.2) is 14.6 Å². The molecule has 0 N–H and O–H groups in total. The molecule has 0 spiro atoms. The fraction of sp³-hybridized carbons (Fsp3) is 0.556. The zero-order valence-electron chi connectivity index (χ0n) is 15.0. The molecule has 0 radical (unpaired) electrons. The number of ether oxygens (including phenoxy) is 1. The third kappa shape index (κ3) is 3.22. The maximum atomic E-state index is 14.8. The van der Waals surface area contributed by atoms with Gasteiger partial charge in [-0.3, -0.25) is 9.78 Å². The molecule has 5 nitrogen and oxygen atoms in total. The summed E-state index contributed by atoms with van der Waals surface area (Å²) in [6.07, 6.45) is 3.70. The minimum Gasteiger partial charge on any atom is -0.461 e. The van der Waals surface area contributed by atoms with Gasteiger partial charge in [-0.25, -0.2) is 17.2 Å². The molecule has 0 unspecified atom stereocenters. The van der Waals surface area contributed by atoms with Gasteiger partial charge >= 0.3 is 5.97 Å². The van der Waals surface area contributed by atoms with Gasteiger partial charge in [0.2, 0.25) is 0 Å². The van der Waals surface area contributed by atoms with Crippen molar-refractivity contribution in [3.05, 3.63) is 34.6 Å². The second-order valence-corrected chi connectivity index (χ2v) is 10.6. The highest BCUT2D eigenvalue weighted by Gasteiger charge is 2.72. The van der Waals surface area contributed by atoms with Gasteiger partial charge in [-0.2, -0.15) is 0 Å².